The van der Waals surface area contributed by atoms with Gasteiger partial charge in [-0.3, -0.25) is 13.8 Å². The van der Waals surface area contributed by atoms with Gasteiger partial charge in [-0.1, -0.05) is 200 Å². The minimum Gasteiger partial charge on any atom is -0.457 e. The van der Waals surface area contributed by atoms with E-state index in [0.717, 1.165) is 103 Å². The molecule has 2 unspecified atom stereocenters. The van der Waals surface area contributed by atoms with E-state index in [-0.39, 0.29) is 25.8 Å². The number of ether oxygens (including phenoxy) is 2. The van der Waals surface area contributed by atoms with Crippen molar-refractivity contribution in [1.29, 1.82) is 0 Å². The third kappa shape index (κ3) is 54.0. The molecular formula is C58H101NO7P+. The molecule has 0 bridgehead atoms. The summed E-state index contributed by atoms with van der Waals surface area (Å²) >= 11 is 0. The number of hydrogen-bond acceptors (Lipinski definition) is 6. The molecular weight excluding hydrogens is 854 g/mol. The summed E-state index contributed by atoms with van der Waals surface area (Å²) in [5.74, 6) is -0.328. The molecule has 384 valence electrons. The number of esters is 1. The molecule has 2 atom stereocenters. The standard InChI is InChI=1S/C58H100NO7P/c1-6-8-10-12-14-16-18-20-22-24-26-28-30-31-33-35-37-39-41-43-45-47-49-51-58(60)66-57(56-65-67(61,62)64-54-52-59(3,4)5)55-63-53-50-48-46-44-42-40-38-36-34-32-29-27-25-23-21-19-17-15-13-11-9-7-2/h8-11,14-17,20-23,26-29,34,36,57H,6-7,12-13,18-19,24-25,30-33,35,37-56H2,1-5H3/p+1/b10-8-,11-9-,16-14-,17-15-,22-20-,23-21-,28-26-,29-27-,36-34-. The third-order valence-corrected chi connectivity index (χ3v) is 11.8. The fraction of sp³-hybridized carbons (Fsp3) is 0.672. The van der Waals surface area contributed by atoms with Crippen LogP contribution in [0.15, 0.2) is 109 Å². The molecule has 0 fully saturated rings. The van der Waals surface area contributed by atoms with Crippen LogP contribution in [-0.4, -0.2) is 75.6 Å². The van der Waals surface area contributed by atoms with Gasteiger partial charge >= 0.3 is 13.8 Å². The van der Waals surface area contributed by atoms with Crippen molar-refractivity contribution in [3.05, 3.63) is 109 Å². The number of unbranched alkanes of at least 4 members (excludes halogenated alkanes) is 16. The Morgan fingerprint density at radius 3 is 1.22 bits per heavy atom. The monoisotopic (exact) mass is 955 g/mol. The van der Waals surface area contributed by atoms with Crippen LogP contribution in [0.1, 0.15) is 194 Å². The van der Waals surface area contributed by atoms with Crippen LogP contribution in [0.5, 0.6) is 0 Å². The first-order chi connectivity index (χ1) is 32.6. The van der Waals surface area contributed by atoms with E-state index in [1.807, 2.05) is 21.1 Å². The van der Waals surface area contributed by atoms with E-state index in [1.165, 1.54) is 70.6 Å². The lowest BCUT2D eigenvalue weighted by Gasteiger charge is -2.24. The molecule has 8 nitrogen and oxygen atoms in total. The minimum absolute atomic E-state index is 0.0782. The summed E-state index contributed by atoms with van der Waals surface area (Å²) in [5.41, 5.74) is 0. The highest BCUT2D eigenvalue weighted by atomic mass is 31.2. The van der Waals surface area contributed by atoms with E-state index >= 15 is 0 Å². The van der Waals surface area contributed by atoms with Gasteiger partial charge < -0.3 is 18.9 Å². The van der Waals surface area contributed by atoms with Crippen molar-refractivity contribution in [2.75, 3.05) is 54.1 Å². The predicted molar refractivity (Wildman–Crippen MR) is 288 cm³/mol. The van der Waals surface area contributed by atoms with Crippen LogP contribution >= 0.6 is 7.82 Å². The Bertz CT molecular complexity index is 1430. The van der Waals surface area contributed by atoms with Crippen LogP contribution in [0, 0.1) is 0 Å². The molecule has 0 aromatic carbocycles. The van der Waals surface area contributed by atoms with Gasteiger partial charge in [0.05, 0.1) is 34.4 Å². The fourth-order valence-electron chi connectivity index (χ4n) is 6.81. The average molecular weight is 955 g/mol. The number of quaternary nitrogens is 1. The topological polar surface area (TPSA) is 91.3 Å². The third-order valence-electron chi connectivity index (χ3n) is 10.8. The van der Waals surface area contributed by atoms with Gasteiger partial charge in [0.2, 0.25) is 0 Å². The highest BCUT2D eigenvalue weighted by Crippen LogP contribution is 2.43. The SMILES string of the molecule is CC/C=C\C/C=C\C/C=C\C/C=C\C/C=C\CCCCCCCCOCC(COP(=O)(O)OCC[N+](C)(C)C)OC(=O)CCCCCCCCCCCC/C=C\C/C=C\C/C=C\C/C=C\CC. The predicted octanol–water partition coefficient (Wildman–Crippen LogP) is 16.7. The van der Waals surface area contributed by atoms with Gasteiger partial charge in [0.25, 0.3) is 0 Å². The van der Waals surface area contributed by atoms with Crippen molar-refractivity contribution >= 4 is 13.8 Å². The highest BCUT2D eigenvalue weighted by Gasteiger charge is 2.26. The summed E-state index contributed by atoms with van der Waals surface area (Å²) in [7, 11) is 1.64. The van der Waals surface area contributed by atoms with Crippen molar-refractivity contribution in [3.63, 3.8) is 0 Å². The van der Waals surface area contributed by atoms with Crippen molar-refractivity contribution in [1.82, 2.24) is 0 Å². The van der Waals surface area contributed by atoms with Crippen molar-refractivity contribution in [2.24, 2.45) is 0 Å². The molecule has 0 amide bonds. The molecule has 0 rings (SSSR count). The van der Waals surface area contributed by atoms with Gasteiger partial charge in [-0.15, -0.1) is 0 Å². The molecule has 0 aliphatic carbocycles. The Labute approximate surface area is 412 Å². The lowest BCUT2D eigenvalue weighted by atomic mass is 10.0. The summed E-state index contributed by atoms with van der Waals surface area (Å²) in [6, 6.07) is 0. The maximum Gasteiger partial charge on any atom is 0.472 e. The van der Waals surface area contributed by atoms with Crippen LogP contribution in [0.25, 0.3) is 0 Å². The molecule has 0 aliphatic rings. The average Bonchev–Trinajstić information content (AvgIpc) is 3.29. The quantitative estimate of drug-likeness (QED) is 0.0214. The second-order valence-corrected chi connectivity index (χ2v) is 19.9. The summed E-state index contributed by atoms with van der Waals surface area (Å²) in [5, 5.41) is 0. The lowest BCUT2D eigenvalue weighted by Crippen LogP contribution is -2.37. The van der Waals surface area contributed by atoms with E-state index in [9.17, 15) is 14.3 Å². The Balaban J connectivity index is 4.19. The Hall–Kier alpha value is -2.84. The van der Waals surface area contributed by atoms with Gasteiger partial charge in [0, 0.05) is 13.0 Å². The molecule has 0 aromatic heterocycles. The van der Waals surface area contributed by atoms with Crippen molar-refractivity contribution in [2.45, 2.75) is 200 Å². The number of likely N-dealkylation sites (N-methyl/N-ethyl adjacent to an activating group) is 1. The second kappa shape index (κ2) is 49.6. The normalized spacial score (nSPS) is 14.4. The Morgan fingerprint density at radius 1 is 0.463 bits per heavy atom. The molecule has 9 heteroatoms. The number of rotatable bonds is 48. The fourth-order valence-corrected chi connectivity index (χ4v) is 7.55. The number of carbonyl (C=O) groups excluding carboxylic acids is 1. The zero-order valence-corrected chi connectivity index (χ0v) is 44.5. The summed E-state index contributed by atoms with van der Waals surface area (Å²) in [6.45, 7) is 5.34. The molecule has 67 heavy (non-hydrogen) atoms. The first-order valence-electron chi connectivity index (χ1n) is 26.6. The molecule has 0 aliphatic heterocycles. The van der Waals surface area contributed by atoms with Crippen molar-refractivity contribution < 1.29 is 37.3 Å². The number of phosphoric acid groups is 1. The minimum atomic E-state index is -4.30. The number of hydrogen-bond donors (Lipinski definition) is 1. The molecule has 0 radical (unpaired) electrons. The zero-order valence-electron chi connectivity index (χ0n) is 43.6. The van der Waals surface area contributed by atoms with Gasteiger partial charge in [-0.05, 0) is 96.3 Å². The van der Waals surface area contributed by atoms with Crippen LogP contribution in [-0.2, 0) is 27.9 Å². The molecule has 0 aromatic rings. The molecule has 0 heterocycles. The maximum absolute atomic E-state index is 12.8. The number of carbonyl (C=O) groups is 1. The van der Waals surface area contributed by atoms with Gasteiger partial charge in [0.1, 0.15) is 19.3 Å². The van der Waals surface area contributed by atoms with Crippen LogP contribution in [0.4, 0.5) is 0 Å². The molecule has 0 saturated carbocycles. The molecule has 1 N–H and O–H groups in total. The van der Waals surface area contributed by atoms with E-state index in [4.69, 9.17) is 18.5 Å². The van der Waals surface area contributed by atoms with Gasteiger partial charge in [0.15, 0.2) is 0 Å². The largest absolute Gasteiger partial charge is 0.472 e. The Kier molecular flexibility index (Phi) is 47.5. The summed E-state index contributed by atoms with van der Waals surface area (Å²) in [4.78, 5) is 23.1. The maximum atomic E-state index is 12.8. The number of allylic oxidation sites excluding steroid dienone is 18. The van der Waals surface area contributed by atoms with Gasteiger partial charge in [-0.2, -0.15) is 0 Å². The number of nitrogens with zero attached hydrogens (tertiary/aromatic N) is 1. The molecule has 0 saturated heterocycles. The zero-order chi connectivity index (χ0) is 49.0. The first kappa shape index (κ1) is 64.2. The van der Waals surface area contributed by atoms with Crippen molar-refractivity contribution in [3.8, 4) is 0 Å². The van der Waals surface area contributed by atoms with E-state index in [2.05, 4.69) is 123 Å². The van der Waals surface area contributed by atoms with E-state index in [1.54, 1.807) is 0 Å². The van der Waals surface area contributed by atoms with Crippen LogP contribution in [0.2, 0.25) is 0 Å². The summed E-state index contributed by atoms with van der Waals surface area (Å²) < 4.78 is 35.2. The first-order valence-corrected chi connectivity index (χ1v) is 28.1. The Morgan fingerprint density at radius 2 is 0.821 bits per heavy atom. The van der Waals surface area contributed by atoms with Crippen LogP contribution < -0.4 is 0 Å². The lowest BCUT2D eigenvalue weighted by molar-refractivity contribution is -0.870. The van der Waals surface area contributed by atoms with E-state index < -0.39 is 13.9 Å². The van der Waals surface area contributed by atoms with Crippen LogP contribution in [0.3, 0.4) is 0 Å². The van der Waals surface area contributed by atoms with E-state index in [0.29, 0.717) is 24.1 Å². The van der Waals surface area contributed by atoms with Gasteiger partial charge in [-0.25, -0.2) is 4.57 Å². The molecule has 0 spiro atoms. The smallest absolute Gasteiger partial charge is 0.457 e. The second-order valence-electron chi connectivity index (χ2n) is 18.5. The summed E-state index contributed by atoms with van der Waals surface area (Å²) in [6.07, 6.45) is 69.9. The number of phosphoric ester groups is 1. The highest BCUT2D eigenvalue weighted by molar-refractivity contribution is 7.47.